The van der Waals surface area contributed by atoms with Crippen LogP contribution in [0, 0.1) is 23.2 Å². The Balaban J connectivity index is 1.16. The van der Waals surface area contributed by atoms with Gasteiger partial charge >= 0.3 is 5.97 Å². The van der Waals surface area contributed by atoms with Crippen LogP contribution in [-0.2, 0) is 51.1 Å². The Kier molecular flexibility index (Phi) is 18.8. The van der Waals surface area contributed by atoms with Crippen LogP contribution < -0.4 is 15.6 Å². The van der Waals surface area contributed by atoms with Gasteiger partial charge < -0.3 is 43.9 Å². The molecule has 2 aromatic heterocycles. The molecule has 0 saturated carbocycles. The summed E-state index contributed by atoms with van der Waals surface area (Å²) in [5, 5.41) is 17.0. The highest BCUT2D eigenvalue weighted by atomic mass is 16.6. The van der Waals surface area contributed by atoms with Gasteiger partial charge in [0.15, 0.2) is 0 Å². The number of carbonyl (C=O) groups is 5. The first-order valence-electron chi connectivity index (χ1n) is 26.1. The molecule has 4 atom stereocenters. The van der Waals surface area contributed by atoms with Crippen molar-refractivity contribution in [1.29, 1.82) is 0 Å². The number of amides is 4. The standard InChI is InChI=1S/C55H81N9O9/c1-13-43(57-50(67)48(37(3)4)63-27-16-15-26-61(35-46(63)66)45(65)22-24-54(8,9)59(10)11)51(68)64-28-18-23-55(70,58-64)52(69)73-36-53(6,7)34-42-41-33-39(60-29-31-72-32-30-60)20-21-44(41)62(14-2)49(42)40-19-17-25-56-47(40)38(5)71-12/h17,19-21,25,33,37-38,43,48,58,70H,13-16,18,23,26-32,34-36H2,1-12H3,(H,57,67)/t38-,43-,48-,55-/m0/s1. The number of fused-ring (bicyclic) bond motifs is 1. The molecule has 400 valence electrons. The number of hydrogen-bond acceptors (Lipinski definition) is 13. The second-order valence-corrected chi connectivity index (χ2v) is 21.6. The van der Waals surface area contributed by atoms with E-state index in [1.807, 2.05) is 73.5 Å². The zero-order valence-electron chi connectivity index (χ0n) is 45.4. The summed E-state index contributed by atoms with van der Waals surface area (Å²) in [4.78, 5) is 81.6. The summed E-state index contributed by atoms with van der Waals surface area (Å²) in [5.41, 5.74) is 5.36. The fourth-order valence-corrected chi connectivity index (χ4v) is 9.85. The maximum atomic E-state index is 14.2. The Morgan fingerprint density at radius 2 is 1.71 bits per heavy atom. The molecule has 0 aliphatic carbocycles. The van der Waals surface area contributed by atoms with Gasteiger partial charge in [-0.05, 0) is 122 Å². The van der Waals surface area contributed by atoms with Gasteiger partial charge in [0.2, 0.25) is 17.5 Å². The lowest BCUT2D eigenvalue weighted by molar-refractivity contribution is -0.189. The van der Waals surface area contributed by atoms with Crippen molar-refractivity contribution < 1.29 is 43.3 Å². The van der Waals surface area contributed by atoms with E-state index in [2.05, 4.69) is 63.2 Å². The van der Waals surface area contributed by atoms with Crippen LogP contribution in [0.4, 0.5) is 5.69 Å². The molecule has 6 rings (SSSR count). The van der Waals surface area contributed by atoms with Crippen LogP contribution in [0.3, 0.4) is 0 Å². The lowest BCUT2D eigenvalue weighted by Gasteiger charge is -2.40. The summed E-state index contributed by atoms with van der Waals surface area (Å²) in [6.45, 7) is 21.5. The van der Waals surface area contributed by atoms with E-state index in [9.17, 15) is 29.1 Å². The number of nitrogens with zero attached hydrogens (tertiary/aromatic N) is 7. The zero-order valence-corrected chi connectivity index (χ0v) is 45.4. The van der Waals surface area contributed by atoms with E-state index in [0.29, 0.717) is 52.1 Å². The molecule has 3 aliphatic rings. The predicted octanol–water partition coefficient (Wildman–Crippen LogP) is 4.91. The first kappa shape index (κ1) is 56.7. The molecular formula is C55H81N9O9. The van der Waals surface area contributed by atoms with Crippen LogP contribution in [-0.4, -0.2) is 168 Å². The third-order valence-electron chi connectivity index (χ3n) is 14.6. The Hall–Kier alpha value is -5.58. The number of aryl methyl sites for hydroxylation is 1. The van der Waals surface area contributed by atoms with E-state index >= 15 is 0 Å². The fraction of sp³-hybridized carbons (Fsp3) is 0.636. The second-order valence-electron chi connectivity index (χ2n) is 21.6. The highest BCUT2D eigenvalue weighted by molar-refractivity contribution is 5.98. The number of carbonyl (C=O) groups excluding carboxylic acids is 5. The average molecular weight is 1010 g/mol. The highest BCUT2D eigenvalue weighted by Crippen LogP contribution is 2.42. The van der Waals surface area contributed by atoms with Crippen LogP contribution in [0.1, 0.15) is 112 Å². The number of anilines is 1. The Morgan fingerprint density at radius 3 is 2.37 bits per heavy atom. The first-order valence-corrected chi connectivity index (χ1v) is 26.1. The quantitative estimate of drug-likeness (QED) is 0.122. The number of pyridine rings is 1. The van der Waals surface area contributed by atoms with Crippen LogP contribution in [0.2, 0.25) is 0 Å². The van der Waals surface area contributed by atoms with Gasteiger partial charge in [0.25, 0.3) is 11.8 Å². The molecule has 1 aromatic carbocycles. The van der Waals surface area contributed by atoms with Crippen molar-refractivity contribution in [2.24, 2.45) is 11.3 Å². The zero-order chi connectivity index (χ0) is 53.4. The van der Waals surface area contributed by atoms with Crippen molar-refractivity contribution in [3.05, 3.63) is 47.8 Å². The van der Waals surface area contributed by atoms with Gasteiger partial charge in [-0.1, -0.05) is 40.5 Å². The van der Waals surface area contributed by atoms with E-state index in [1.54, 1.807) is 20.2 Å². The summed E-state index contributed by atoms with van der Waals surface area (Å²) >= 11 is 0. The molecule has 18 nitrogen and oxygen atoms in total. The van der Waals surface area contributed by atoms with Crippen LogP contribution in [0.15, 0.2) is 36.5 Å². The summed E-state index contributed by atoms with van der Waals surface area (Å²) < 4.78 is 19.8. The predicted molar refractivity (Wildman–Crippen MR) is 281 cm³/mol. The average Bonchev–Trinajstić information content (AvgIpc) is 3.66. The Morgan fingerprint density at radius 1 is 1.00 bits per heavy atom. The number of morpholine rings is 1. The van der Waals surface area contributed by atoms with E-state index in [4.69, 9.17) is 19.2 Å². The molecule has 0 spiro atoms. The molecule has 3 saturated heterocycles. The van der Waals surface area contributed by atoms with Gasteiger partial charge in [0.1, 0.15) is 18.6 Å². The number of nitrogens with one attached hydrogen (secondary N) is 2. The topological polar surface area (TPSA) is 191 Å². The number of rotatable bonds is 17. The van der Waals surface area contributed by atoms with Crippen molar-refractivity contribution in [2.75, 3.05) is 85.2 Å². The number of aliphatic hydroxyl groups is 1. The van der Waals surface area contributed by atoms with Gasteiger partial charge in [0, 0.05) is 86.6 Å². The normalized spacial score (nSPS) is 19.5. The second kappa shape index (κ2) is 24.2. The molecule has 5 heterocycles. The van der Waals surface area contributed by atoms with Crippen molar-refractivity contribution in [2.45, 2.75) is 137 Å². The molecule has 0 unspecified atom stereocenters. The van der Waals surface area contributed by atoms with E-state index < -0.39 is 52.5 Å². The smallest absolute Gasteiger partial charge is 0.355 e. The third-order valence-corrected chi connectivity index (χ3v) is 14.6. The SMILES string of the molecule is CC[C@H](NC(=O)[C@H](C(C)C)N1CCCCN(C(=O)C#CC(C)(C)N(C)C)CC1=O)C(=O)N1CCC[C@](O)(C(=O)OCC(C)(C)Cc2c(-c3cccnc3[C@H](C)OC)n(CC)c3ccc(N4CCOCC4)cc23)N1. The molecule has 18 heteroatoms. The van der Waals surface area contributed by atoms with Gasteiger partial charge in [-0.3, -0.25) is 34.1 Å². The third kappa shape index (κ3) is 13.2. The lowest BCUT2D eigenvalue weighted by Crippen LogP contribution is -2.67. The van der Waals surface area contributed by atoms with Gasteiger partial charge in [-0.2, -0.15) is 5.43 Å². The fourth-order valence-electron chi connectivity index (χ4n) is 9.85. The molecular weight excluding hydrogens is 931 g/mol. The minimum atomic E-state index is -2.23. The molecule has 3 aromatic rings. The van der Waals surface area contributed by atoms with E-state index in [1.165, 1.54) is 14.8 Å². The lowest BCUT2D eigenvalue weighted by atomic mass is 9.84. The number of hydrazine groups is 1. The molecule has 4 amide bonds. The first-order chi connectivity index (χ1) is 34.6. The molecule has 3 aliphatic heterocycles. The number of benzene rings is 1. The monoisotopic (exact) mass is 1010 g/mol. The largest absolute Gasteiger partial charge is 0.462 e. The van der Waals surface area contributed by atoms with Gasteiger partial charge in [-0.25, -0.2) is 4.79 Å². The summed E-state index contributed by atoms with van der Waals surface area (Å²) in [7, 11) is 5.43. The van der Waals surface area contributed by atoms with Crippen molar-refractivity contribution in [3.8, 4) is 23.1 Å². The molecule has 3 fully saturated rings. The van der Waals surface area contributed by atoms with Gasteiger partial charge in [-0.15, -0.1) is 0 Å². The number of ether oxygens (including phenoxy) is 3. The summed E-state index contributed by atoms with van der Waals surface area (Å²) in [6, 6.07) is 8.61. The number of aromatic nitrogens is 2. The maximum absolute atomic E-state index is 14.2. The highest BCUT2D eigenvalue weighted by Gasteiger charge is 2.45. The summed E-state index contributed by atoms with van der Waals surface area (Å²) in [5.74, 6) is 2.57. The maximum Gasteiger partial charge on any atom is 0.355 e. The molecule has 73 heavy (non-hydrogen) atoms. The van der Waals surface area contributed by atoms with Crippen molar-refractivity contribution in [1.82, 2.24) is 40.0 Å². The van der Waals surface area contributed by atoms with Gasteiger partial charge in [0.05, 0.1) is 42.9 Å². The molecule has 3 N–H and O–H groups in total. The number of methoxy groups -OCH3 is 1. The number of hydrogen-bond donors (Lipinski definition) is 3. The Labute approximate surface area is 432 Å². The van der Waals surface area contributed by atoms with Crippen molar-refractivity contribution in [3.63, 3.8) is 0 Å². The van der Waals surface area contributed by atoms with Crippen LogP contribution in [0.5, 0.6) is 0 Å². The Bertz CT molecular complexity index is 2520. The van der Waals surface area contributed by atoms with Crippen molar-refractivity contribution >= 4 is 46.2 Å². The molecule has 0 bridgehead atoms. The summed E-state index contributed by atoms with van der Waals surface area (Å²) in [6.07, 6.45) is 3.63. The minimum Gasteiger partial charge on any atom is -0.462 e. The van der Waals surface area contributed by atoms with E-state index in [0.717, 1.165) is 52.2 Å². The van der Waals surface area contributed by atoms with E-state index in [-0.39, 0.29) is 56.9 Å². The van der Waals surface area contributed by atoms with Crippen LogP contribution in [0.25, 0.3) is 22.2 Å². The number of esters is 1. The molecule has 0 radical (unpaired) electrons. The minimum absolute atomic E-state index is 0.00980. The van der Waals surface area contributed by atoms with Crippen LogP contribution >= 0.6 is 0 Å².